The highest BCUT2D eigenvalue weighted by Gasteiger charge is 2.22. The molecule has 3 rings (SSSR count). The second-order valence-corrected chi connectivity index (χ2v) is 6.60. The lowest BCUT2D eigenvalue weighted by Gasteiger charge is -2.15. The minimum Gasteiger partial charge on any atom is -0.455 e. The predicted molar refractivity (Wildman–Crippen MR) is 83.8 cm³/mol. The molecule has 0 fully saturated rings. The molecule has 1 atom stereocenters. The maximum absolute atomic E-state index is 5.95. The van der Waals surface area contributed by atoms with E-state index in [9.17, 15) is 0 Å². The van der Waals surface area contributed by atoms with Crippen LogP contribution in [-0.2, 0) is 6.42 Å². The van der Waals surface area contributed by atoms with Crippen molar-refractivity contribution < 1.29 is 4.42 Å². The molecule has 1 aliphatic rings. The number of allylic oxidation sites excluding steroid dienone is 1. The molecule has 0 amide bonds. The molecule has 1 aromatic carbocycles. The molecule has 0 spiro atoms. The molecule has 82 valence electrons. The van der Waals surface area contributed by atoms with Crippen molar-refractivity contribution >= 4 is 62.2 Å². The van der Waals surface area contributed by atoms with E-state index in [0.29, 0.717) is 5.92 Å². The summed E-state index contributed by atoms with van der Waals surface area (Å²) in [5.74, 6) is 1.67. The van der Waals surface area contributed by atoms with Gasteiger partial charge in [-0.05, 0) is 73.2 Å². The summed E-state index contributed by atoms with van der Waals surface area (Å²) < 4.78 is 8.53. The molecule has 0 saturated carbocycles. The van der Waals surface area contributed by atoms with Crippen molar-refractivity contribution in [3.63, 3.8) is 0 Å². The fraction of sp³-hybridized carbons (Fsp3) is 0.231. The van der Waals surface area contributed by atoms with Crippen LogP contribution < -0.4 is 0 Å². The first-order valence-electron chi connectivity index (χ1n) is 5.24. The summed E-state index contributed by atoms with van der Waals surface area (Å²) in [5.41, 5.74) is 2.42. The Hall–Kier alpha value is -0.0400. The highest BCUT2D eigenvalue weighted by Crippen LogP contribution is 2.38. The van der Waals surface area contributed by atoms with Gasteiger partial charge in [0.2, 0.25) is 0 Å². The number of furan rings is 1. The lowest BCUT2D eigenvalue weighted by molar-refractivity contribution is 0.582. The van der Waals surface area contributed by atoms with Crippen molar-refractivity contribution in [2.75, 3.05) is 0 Å². The summed E-state index contributed by atoms with van der Waals surface area (Å²) in [4.78, 5) is 0. The Morgan fingerprint density at radius 1 is 1.31 bits per heavy atom. The zero-order valence-electron chi connectivity index (χ0n) is 8.76. The Kier molecular flexibility index (Phi) is 2.78. The van der Waals surface area contributed by atoms with Gasteiger partial charge in [-0.3, -0.25) is 0 Å². The van der Waals surface area contributed by atoms with Crippen LogP contribution in [0, 0.1) is 9.49 Å². The molecular weight excluding hydrogens is 426 g/mol. The smallest absolute Gasteiger partial charge is 0.148 e. The first-order valence-corrected chi connectivity index (χ1v) is 7.39. The normalized spacial score (nSPS) is 19.7. The SMILES string of the molecule is CC1Cc2c(oc3c(I)cccc23)C=C1I. The van der Waals surface area contributed by atoms with Gasteiger partial charge in [0.1, 0.15) is 11.3 Å². The van der Waals surface area contributed by atoms with E-state index in [-0.39, 0.29) is 0 Å². The van der Waals surface area contributed by atoms with Crippen LogP contribution in [0.4, 0.5) is 0 Å². The Labute approximate surface area is 122 Å². The van der Waals surface area contributed by atoms with Gasteiger partial charge in [0, 0.05) is 10.9 Å². The monoisotopic (exact) mass is 436 g/mol. The summed E-state index contributed by atoms with van der Waals surface area (Å²) in [5, 5.41) is 1.29. The van der Waals surface area contributed by atoms with Crippen LogP contribution in [0.2, 0.25) is 0 Å². The average Bonchev–Trinajstić information content (AvgIpc) is 2.59. The number of para-hydroxylation sites is 1. The number of rotatable bonds is 0. The third-order valence-electron chi connectivity index (χ3n) is 3.05. The molecule has 1 unspecified atom stereocenters. The first kappa shape index (κ1) is 11.1. The zero-order chi connectivity index (χ0) is 11.3. The fourth-order valence-corrected chi connectivity index (χ4v) is 3.26. The number of halogens is 2. The number of hydrogen-bond acceptors (Lipinski definition) is 1. The van der Waals surface area contributed by atoms with Crippen molar-refractivity contribution in [1.82, 2.24) is 0 Å². The molecule has 1 heterocycles. The summed E-state index contributed by atoms with van der Waals surface area (Å²) in [6.45, 7) is 2.27. The van der Waals surface area contributed by atoms with Crippen LogP contribution in [0.5, 0.6) is 0 Å². The molecule has 1 nitrogen and oxygen atoms in total. The number of benzene rings is 1. The van der Waals surface area contributed by atoms with Gasteiger partial charge in [0.05, 0.1) is 3.57 Å². The van der Waals surface area contributed by atoms with E-state index in [1.807, 2.05) is 0 Å². The lowest BCUT2D eigenvalue weighted by Crippen LogP contribution is -2.04. The van der Waals surface area contributed by atoms with Crippen LogP contribution >= 0.6 is 45.2 Å². The van der Waals surface area contributed by atoms with Gasteiger partial charge in [-0.2, -0.15) is 0 Å². The minimum absolute atomic E-state index is 0.617. The van der Waals surface area contributed by atoms with Gasteiger partial charge in [-0.15, -0.1) is 0 Å². The van der Waals surface area contributed by atoms with Gasteiger partial charge in [-0.25, -0.2) is 0 Å². The molecule has 0 N–H and O–H groups in total. The predicted octanol–water partition coefficient (Wildman–Crippen LogP) is 5.01. The van der Waals surface area contributed by atoms with E-state index in [0.717, 1.165) is 17.8 Å². The summed E-state index contributed by atoms with van der Waals surface area (Å²) in [6, 6.07) is 6.36. The maximum atomic E-state index is 5.95. The largest absolute Gasteiger partial charge is 0.455 e. The van der Waals surface area contributed by atoms with Gasteiger partial charge >= 0.3 is 0 Å². The van der Waals surface area contributed by atoms with Gasteiger partial charge in [0.15, 0.2) is 0 Å². The summed E-state index contributed by atoms with van der Waals surface area (Å²) in [6.07, 6.45) is 3.28. The van der Waals surface area contributed by atoms with Crippen LogP contribution in [0.25, 0.3) is 17.0 Å². The number of hydrogen-bond donors (Lipinski definition) is 0. The highest BCUT2D eigenvalue weighted by atomic mass is 127. The van der Waals surface area contributed by atoms with Gasteiger partial charge < -0.3 is 4.42 Å². The first-order chi connectivity index (χ1) is 7.66. The minimum atomic E-state index is 0.617. The maximum Gasteiger partial charge on any atom is 0.148 e. The Morgan fingerprint density at radius 3 is 2.94 bits per heavy atom. The average molecular weight is 436 g/mol. The standard InChI is InChI=1S/C13H10I2O/c1-7-5-9-8-3-2-4-10(14)13(8)16-12(9)6-11(7)15/h2-4,6-7H,5H2,1H3. The Balaban J connectivity index is 2.34. The van der Waals surface area contributed by atoms with Crippen molar-refractivity contribution in [2.45, 2.75) is 13.3 Å². The van der Waals surface area contributed by atoms with Crippen LogP contribution in [-0.4, -0.2) is 0 Å². The van der Waals surface area contributed by atoms with Gasteiger partial charge in [0.25, 0.3) is 0 Å². The molecule has 0 saturated heterocycles. The Bertz CT molecular complexity index is 595. The molecular formula is C13H10I2O. The molecule has 0 aliphatic heterocycles. The molecule has 3 heteroatoms. The van der Waals surface area contributed by atoms with Crippen molar-refractivity contribution in [1.29, 1.82) is 0 Å². The molecule has 1 aromatic heterocycles. The third kappa shape index (κ3) is 1.63. The highest BCUT2D eigenvalue weighted by molar-refractivity contribution is 14.1. The van der Waals surface area contributed by atoms with E-state index in [2.05, 4.69) is 76.4 Å². The molecule has 0 bridgehead atoms. The number of fused-ring (bicyclic) bond motifs is 3. The van der Waals surface area contributed by atoms with Crippen LogP contribution in [0.3, 0.4) is 0 Å². The second kappa shape index (κ2) is 4.01. The summed E-state index contributed by atoms with van der Waals surface area (Å²) >= 11 is 4.75. The molecule has 2 aromatic rings. The van der Waals surface area contributed by atoms with E-state index >= 15 is 0 Å². The van der Waals surface area contributed by atoms with Crippen molar-refractivity contribution in [2.24, 2.45) is 5.92 Å². The molecule has 0 radical (unpaired) electrons. The fourth-order valence-electron chi connectivity index (χ4n) is 2.15. The molecule has 1 aliphatic carbocycles. The quantitative estimate of drug-likeness (QED) is 0.530. The second-order valence-electron chi connectivity index (χ2n) is 4.20. The van der Waals surface area contributed by atoms with Crippen molar-refractivity contribution in [3.05, 3.63) is 36.7 Å². The molecule has 16 heavy (non-hydrogen) atoms. The van der Waals surface area contributed by atoms with E-state index < -0.39 is 0 Å². The van der Waals surface area contributed by atoms with Gasteiger partial charge in [-0.1, -0.05) is 19.1 Å². The van der Waals surface area contributed by atoms with Crippen LogP contribution in [0.15, 0.2) is 26.2 Å². The zero-order valence-corrected chi connectivity index (χ0v) is 13.1. The Morgan fingerprint density at radius 2 is 2.12 bits per heavy atom. The van der Waals surface area contributed by atoms with E-state index in [4.69, 9.17) is 4.42 Å². The van der Waals surface area contributed by atoms with Crippen LogP contribution in [0.1, 0.15) is 18.2 Å². The van der Waals surface area contributed by atoms with E-state index in [1.54, 1.807) is 0 Å². The summed E-state index contributed by atoms with van der Waals surface area (Å²) in [7, 11) is 0. The lowest BCUT2D eigenvalue weighted by atomic mass is 9.93. The van der Waals surface area contributed by atoms with E-state index in [1.165, 1.54) is 18.1 Å². The topological polar surface area (TPSA) is 13.1 Å². The van der Waals surface area contributed by atoms with Crippen molar-refractivity contribution in [3.8, 4) is 0 Å². The third-order valence-corrected chi connectivity index (χ3v) is 5.28.